The lowest BCUT2D eigenvalue weighted by Crippen LogP contribution is -1.90. The van der Waals surface area contributed by atoms with Crippen molar-refractivity contribution in [3.8, 4) is 0 Å². The molecule has 0 saturated carbocycles. The molecule has 0 radical (unpaired) electrons. The minimum Gasteiger partial charge on any atom is -0.347 e. The van der Waals surface area contributed by atoms with Crippen LogP contribution in [0.3, 0.4) is 0 Å². The fourth-order valence-corrected chi connectivity index (χ4v) is 2.59. The minimum absolute atomic E-state index is 0.149. The lowest BCUT2D eigenvalue weighted by Gasteiger charge is -1.99. The van der Waals surface area contributed by atoms with E-state index in [9.17, 15) is 4.39 Å². The highest BCUT2D eigenvalue weighted by atomic mass is 32.2. The highest BCUT2D eigenvalue weighted by Crippen LogP contribution is 2.25. The highest BCUT2D eigenvalue weighted by molar-refractivity contribution is 7.98. The molecule has 16 heavy (non-hydrogen) atoms. The topological polar surface area (TPSA) is 4.93 Å². The number of aryl methyl sites for hydroxylation is 1. The second kappa shape index (κ2) is 4.91. The van der Waals surface area contributed by atoms with Crippen molar-refractivity contribution < 1.29 is 4.39 Å². The first-order valence-electron chi connectivity index (χ1n) is 5.61. The molecule has 0 spiro atoms. The van der Waals surface area contributed by atoms with Crippen molar-refractivity contribution in [2.75, 3.05) is 5.75 Å². The highest BCUT2D eigenvalue weighted by Gasteiger charge is 2.08. The fraction of sp³-hybridized carbons (Fsp3) is 0.385. The standard InChI is InChI=1S/C13H16FNS/c1-3-15-8-10(9-16-4-2)12-7-11(14)5-6-13(12)15/h5-8H,3-4,9H2,1-2H3. The summed E-state index contributed by atoms with van der Waals surface area (Å²) in [5, 5.41) is 1.06. The lowest BCUT2D eigenvalue weighted by molar-refractivity contribution is 0.629. The molecule has 86 valence electrons. The van der Waals surface area contributed by atoms with Gasteiger partial charge < -0.3 is 4.57 Å². The van der Waals surface area contributed by atoms with Gasteiger partial charge in [-0.3, -0.25) is 0 Å². The number of halogens is 1. The van der Waals surface area contributed by atoms with E-state index in [2.05, 4.69) is 24.6 Å². The van der Waals surface area contributed by atoms with Gasteiger partial charge >= 0.3 is 0 Å². The Labute approximate surface area is 99.6 Å². The van der Waals surface area contributed by atoms with Crippen LogP contribution < -0.4 is 0 Å². The van der Waals surface area contributed by atoms with Crippen LogP contribution in [0.25, 0.3) is 10.9 Å². The van der Waals surface area contributed by atoms with Gasteiger partial charge in [-0.1, -0.05) is 6.92 Å². The van der Waals surface area contributed by atoms with E-state index in [1.165, 1.54) is 11.6 Å². The first-order chi connectivity index (χ1) is 7.76. The Bertz CT molecular complexity index is 490. The molecule has 2 rings (SSSR count). The third-order valence-corrected chi connectivity index (χ3v) is 3.65. The molecule has 0 unspecified atom stereocenters. The van der Waals surface area contributed by atoms with Gasteiger partial charge in [-0.2, -0.15) is 11.8 Å². The van der Waals surface area contributed by atoms with Crippen LogP contribution in [0, 0.1) is 5.82 Å². The Morgan fingerprint density at radius 1 is 1.31 bits per heavy atom. The van der Waals surface area contributed by atoms with E-state index in [0.717, 1.165) is 29.0 Å². The fourth-order valence-electron chi connectivity index (χ4n) is 1.93. The third kappa shape index (κ3) is 2.09. The number of rotatable bonds is 4. The summed E-state index contributed by atoms with van der Waals surface area (Å²) in [7, 11) is 0. The number of thioether (sulfide) groups is 1. The van der Waals surface area contributed by atoms with E-state index in [0.29, 0.717) is 0 Å². The number of nitrogens with zero attached hydrogens (tertiary/aromatic N) is 1. The van der Waals surface area contributed by atoms with Gasteiger partial charge in [0.2, 0.25) is 0 Å². The monoisotopic (exact) mass is 237 g/mol. The molecule has 0 amide bonds. The molecule has 0 aliphatic rings. The predicted molar refractivity (Wildman–Crippen MR) is 69.4 cm³/mol. The van der Waals surface area contributed by atoms with Gasteiger partial charge in [0.1, 0.15) is 5.82 Å². The Morgan fingerprint density at radius 2 is 2.12 bits per heavy atom. The molecule has 0 N–H and O–H groups in total. The third-order valence-electron chi connectivity index (χ3n) is 2.73. The van der Waals surface area contributed by atoms with Gasteiger partial charge in [0, 0.05) is 29.4 Å². The maximum Gasteiger partial charge on any atom is 0.123 e. The summed E-state index contributed by atoms with van der Waals surface area (Å²) in [5.41, 5.74) is 2.37. The number of fused-ring (bicyclic) bond motifs is 1. The van der Waals surface area contributed by atoms with Crippen LogP contribution in [0.5, 0.6) is 0 Å². The predicted octanol–water partition coefficient (Wildman–Crippen LogP) is 4.05. The molecule has 1 aromatic carbocycles. The maximum absolute atomic E-state index is 13.2. The number of benzene rings is 1. The van der Waals surface area contributed by atoms with Crippen LogP contribution in [-0.2, 0) is 12.3 Å². The summed E-state index contributed by atoms with van der Waals surface area (Å²) in [6, 6.07) is 5.05. The zero-order chi connectivity index (χ0) is 11.5. The van der Waals surface area contributed by atoms with Crippen LogP contribution in [0.2, 0.25) is 0 Å². The first-order valence-corrected chi connectivity index (χ1v) is 6.76. The molecule has 0 atom stereocenters. The van der Waals surface area contributed by atoms with E-state index >= 15 is 0 Å². The van der Waals surface area contributed by atoms with Crippen molar-refractivity contribution in [1.82, 2.24) is 4.57 Å². The molecule has 3 heteroatoms. The Balaban J connectivity index is 2.50. The molecule has 2 aromatic rings. The number of hydrogen-bond acceptors (Lipinski definition) is 1. The maximum atomic E-state index is 13.2. The summed E-state index contributed by atoms with van der Waals surface area (Å²) in [4.78, 5) is 0. The Hall–Kier alpha value is -0.960. The average Bonchev–Trinajstić information content (AvgIpc) is 2.64. The molecular formula is C13H16FNS. The molecule has 0 aliphatic carbocycles. The summed E-state index contributed by atoms with van der Waals surface area (Å²) in [6.45, 7) is 5.18. The summed E-state index contributed by atoms with van der Waals surface area (Å²) < 4.78 is 15.4. The van der Waals surface area contributed by atoms with Crippen molar-refractivity contribution in [2.24, 2.45) is 0 Å². The molecule has 0 aliphatic heterocycles. The molecule has 0 saturated heterocycles. The van der Waals surface area contributed by atoms with Crippen molar-refractivity contribution in [3.05, 3.63) is 35.8 Å². The van der Waals surface area contributed by atoms with Crippen molar-refractivity contribution in [1.29, 1.82) is 0 Å². The van der Waals surface area contributed by atoms with Gasteiger partial charge in [-0.05, 0) is 36.4 Å². The van der Waals surface area contributed by atoms with Gasteiger partial charge in [0.05, 0.1) is 0 Å². The quantitative estimate of drug-likeness (QED) is 0.776. The van der Waals surface area contributed by atoms with E-state index in [1.807, 2.05) is 17.8 Å². The number of aromatic nitrogens is 1. The van der Waals surface area contributed by atoms with Crippen LogP contribution in [-0.4, -0.2) is 10.3 Å². The summed E-state index contributed by atoms with van der Waals surface area (Å²) in [5.74, 6) is 1.90. The Morgan fingerprint density at radius 3 is 2.81 bits per heavy atom. The molecular weight excluding hydrogens is 221 g/mol. The van der Waals surface area contributed by atoms with Crippen LogP contribution >= 0.6 is 11.8 Å². The normalized spacial score (nSPS) is 11.2. The molecule has 1 heterocycles. The first kappa shape index (κ1) is 11.5. The Kier molecular flexibility index (Phi) is 3.54. The zero-order valence-electron chi connectivity index (χ0n) is 9.66. The van der Waals surface area contributed by atoms with Crippen molar-refractivity contribution in [2.45, 2.75) is 26.1 Å². The van der Waals surface area contributed by atoms with Crippen molar-refractivity contribution in [3.63, 3.8) is 0 Å². The smallest absolute Gasteiger partial charge is 0.123 e. The van der Waals surface area contributed by atoms with Gasteiger partial charge in [0.15, 0.2) is 0 Å². The van der Waals surface area contributed by atoms with Gasteiger partial charge in [-0.15, -0.1) is 0 Å². The SMILES string of the molecule is CCSCc1cn(CC)c2ccc(F)cc12. The van der Waals surface area contributed by atoms with Crippen molar-refractivity contribution >= 4 is 22.7 Å². The molecule has 1 nitrogen and oxygen atoms in total. The van der Waals surface area contributed by atoms with E-state index in [1.54, 1.807) is 6.07 Å². The number of hydrogen-bond donors (Lipinski definition) is 0. The second-order valence-electron chi connectivity index (χ2n) is 3.74. The largest absolute Gasteiger partial charge is 0.347 e. The zero-order valence-corrected chi connectivity index (χ0v) is 10.5. The van der Waals surface area contributed by atoms with Gasteiger partial charge in [-0.25, -0.2) is 4.39 Å². The molecule has 1 aromatic heterocycles. The van der Waals surface area contributed by atoms with E-state index in [4.69, 9.17) is 0 Å². The van der Waals surface area contributed by atoms with Gasteiger partial charge in [0.25, 0.3) is 0 Å². The van der Waals surface area contributed by atoms with Crippen LogP contribution in [0.15, 0.2) is 24.4 Å². The summed E-state index contributed by atoms with van der Waals surface area (Å²) >= 11 is 1.87. The minimum atomic E-state index is -0.149. The molecule has 0 bridgehead atoms. The van der Waals surface area contributed by atoms with E-state index in [-0.39, 0.29) is 5.82 Å². The molecule has 0 fully saturated rings. The lowest BCUT2D eigenvalue weighted by atomic mass is 10.2. The second-order valence-corrected chi connectivity index (χ2v) is 5.01. The van der Waals surface area contributed by atoms with E-state index < -0.39 is 0 Å². The van der Waals surface area contributed by atoms with Crippen LogP contribution in [0.4, 0.5) is 4.39 Å². The summed E-state index contributed by atoms with van der Waals surface area (Å²) in [6.07, 6.45) is 2.15. The van der Waals surface area contributed by atoms with Crippen LogP contribution in [0.1, 0.15) is 19.4 Å². The average molecular weight is 237 g/mol.